The fraction of sp³-hybridized carbons (Fsp3) is 0.448. The second-order valence-electron chi connectivity index (χ2n) is 11.8. The van der Waals surface area contributed by atoms with E-state index in [0.29, 0.717) is 29.1 Å². The van der Waals surface area contributed by atoms with Crippen molar-refractivity contribution in [2.45, 2.75) is 69.9 Å². The Morgan fingerprint density at radius 3 is 2.35 bits per heavy atom. The van der Waals surface area contributed by atoms with Gasteiger partial charge in [0.15, 0.2) is 5.54 Å². The third kappa shape index (κ3) is 2.67. The van der Waals surface area contributed by atoms with Crippen molar-refractivity contribution in [3.05, 3.63) is 59.2 Å². The van der Waals surface area contributed by atoms with Crippen LogP contribution in [0.4, 0.5) is 16.2 Å². The number of likely N-dealkylation sites (N-methyl/N-ethyl adjacent to an activating group) is 1. The number of nitrogens with zero attached hydrogens (tertiary/aromatic N) is 2. The van der Waals surface area contributed by atoms with Crippen LogP contribution in [0.3, 0.4) is 0 Å². The largest absolute Gasteiger partial charge is 0.443 e. The van der Waals surface area contributed by atoms with Crippen LogP contribution in [0.1, 0.15) is 63.1 Å². The minimum atomic E-state index is -1.37. The van der Waals surface area contributed by atoms with Gasteiger partial charge in [-0.25, -0.2) is 9.69 Å². The number of carbonyl (C=O) groups excluding carboxylic acids is 3. The van der Waals surface area contributed by atoms with Gasteiger partial charge in [-0.1, -0.05) is 61.0 Å². The highest BCUT2D eigenvalue weighted by atomic mass is 32.1. The lowest BCUT2D eigenvalue weighted by atomic mass is 9.52. The van der Waals surface area contributed by atoms with Gasteiger partial charge in [-0.3, -0.25) is 9.59 Å². The molecule has 0 unspecified atom stereocenters. The second-order valence-corrected chi connectivity index (χ2v) is 12.2. The number of aryl methyl sites for hydroxylation is 1. The quantitative estimate of drug-likeness (QED) is 0.502. The number of para-hydroxylation sites is 1. The summed E-state index contributed by atoms with van der Waals surface area (Å²) < 4.78 is 5.69. The first-order chi connectivity index (χ1) is 17.4. The van der Waals surface area contributed by atoms with E-state index in [-0.39, 0.29) is 5.91 Å². The molecule has 2 fully saturated rings. The van der Waals surface area contributed by atoms with Crippen LogP contribution in [0.25, 0.3) is 0 Å². The smallest absolute Gasteiger partial charge is 0.421 e. The number of fused-ring (bicyclic) bond motifs is 6. The lowest BCUT2D eigenvalue weighted by molar-refractivity contribution is -0.133. The zero-order valence-corrected chi connectivity index (χ0v) is 22.6. The van der Waals surface area contributed by atoms with Crippen LogP contribution >= 0.6 is 12.2 Å². The molecule has 1 saturated carbocycles. The summed E-state index contributed by atoms with van der Waals surface area (Å²) in [4.78, 5) is 45.7. The Kier molecular flexibility index (Phi) is 4.82. The molecule has 6 rings (SSSR count). The lowest BCUT2D eigenvalue weighted by Gasteiger charge is -2.46. The van der Waals surface area contributed by atoms with Crippen LogP contribution in [0.2, 0.25) is 0 Å². The van der Waals surface area contributed by atoms with Gasteiger partial charge in [0.2, 0.25) is 0 Å². The SMILES string of the molecule is Cc1ccc2c(c1)[C@@]1(NC(=S)[C@]3(C(=O)N(C(=O)OC(C)(C)C)c4ccccc43)C13CCCC3)C(=O)N2C. The predicted octanol–water partition coefficient (Wildman–Crippen LogP) is 4.88. The number of anilines is 2. The molecule has 3 spiro atoms. The van der Waals surface area contributed by atoms with Gasteiger partial charge in [-0.2, -0.15) is 0 Å². The van der Waals surface area contributed by atoms with Crippen molar-refractivity contribution in [1.82, 2.24) is 5.32 Å². The van der Waals surface area contributed by atoms with Gasteiger partial charge in [0.1, 0.15) is 11.0 Å². The zero-order chi connectivity index (χ0) is 26.5. The number of hydrogen-bond donors (Lipinski definition) is 1. The maximum absolute atomic E-state index is 14.8. The highest BCUT2D eigenvalue weighted by Gasteiger charge is 2.81. The van der Waals surface area contributed by atoms with Crippen molar-refractivity contribution in [2.24, 2.45) is 5.41 Å². The van der Waals surface area contributed by atoms with Crippen molar-refractivity contribution >= 4 is 46.5 Å². The summed E-state index contributed by atoms with van der Waals surface area (Å²) in [5.41, 5.74) is -0.418. The first-order valence-electron chi connectivity index (χ1n) is 12.8. The van der Waals surface area contributed by atoms with Crippen LogP contribution in [-0.2, 0) is 25.3 Å². The molecule has 2 aromatic rings. The van der Waals surface area contributed by atoms with E-state index in [0.717, 1.165) is 34.6 Å². The molecule has 1 saturated heterocycles. The van der Waals surface area contributed by atoms with E-state index in [1.807, 2.05) is 37.3 Å². The molecule has 4 aliphatic rings. The molecule has 3 amide bonds. The maximum Gasteiger partial charge on any atom is 0.421 e. The molecular weight excluding hydrogens is 486 g/mol. The summed E-state index contributed by atoms with van der Waals surface area (Å²) in [5.74, 6) is -0.550. The normalized spacial score (nSPS) is 27.4. The Labute approximate surface area is 222 Å². The molecule has 192 valence electrons. The summed E-state index contributed by atoms with van der Waals surface area (Å²) in [7, 11) is 1.78. The molecule has 37 heavy (non-hydrogen) atoms. The highest BCUT2D eigenvalue weighted by Crippen LogP contribution is 2.71. The van der Waals surface area contributed by atoms with Crippen molar-refractivity contribution in [2.75, 3.05) is 16.8 Å². The number of nitrogens with one attached hydrogen (secondary N) is 1. The Hall–Kier alpha value is -3.26. The first-order valence-corrected chi connectivity index (χ1v) is 13.2. The van der Waals surface area contributed by atoms with Gasteiger partial charge in [-0.15, -0.1) is 0 Å². The number of imide groups is 1. The van der Waals surface area contributed by atoms with Gasteiger partial charge >= 0.3 is 6.09 Å². The van der Waals surface area contributed by atoms with Crippen LogP contribution in [0.15, 0.2) is 42.5 Å². The summed E-state index contributed by atoms with van der Waals surface area (Å²) in [6.45, 7) is 7.32. The number of ether oxygens (including phenoxy) is 1. The molecule has 8 heteroatoms. The highest BCUT2D eigenvalue weighted by molar-refractivity contribution is 7.80. The molecule has 3 heterocycles. The van der Waals surface area contributed by atoms with Crippen molar-refractivity contribution in [3.8, 4) is 0 Å². The van der Waals surface area contributed by atoms with E-state index in [4.69, 9.17) is 17.0 Å². The standard InChI is InChI=1S/C29H31N3O4S/c1-17-12-13-20-19(16-17)29(24(34)31(20)5)27(14-8-9-15-27)28(22(37)30-29)18-10-6-7-11-21(18)32(23(28)33)25(35)36-26(2,3)4/h6-7,10-13,16H,8-9,14-15H2,1-5H3,(H,30,37)/t28-,29-/m1/s1. The van der Waals surface area contributed by atoms with Crippen LogP contribution in [0.5, 0.6) is 0 Å². The number of carbonyl (C=O) groups is 3. The summed E-state index contributed by atoms with van der Waals surface area (Å²) in [5, 5.41) is 3.48. The fourth-order valence-electron chi connectivity index (χ4n) is 7.46. The summed E-state index contributed by atoms with van der Waals surface area (Å²) in [6, 6.07) is 13.3. The molecular formula is C29H31N3O4S. The second kappa shape index (κ2) is 7.40. The van der Waals surface area contributed by atoms with E-state index in [2.05, 4.69) is 5.32 Å². The van der Waals surface area contributed by atoms with Crippen LogP contribution in [0, 0.1) is 12.3 Å². The van der Waals surface area contributed by atoms with Crippen molar-refractivity contribution in [3.63, 3.8) is 0 Å². The van der Waals surface area contributed by atoms with Gasteiger partial charge < -0.3 is 15.0 Å². The molecule has 2 atom stereocenters. The van der Waals surface area contributed by atoms with Crippen molar-refractivity contribution < 1.29 is 19.1 Å². The molecule has 2 aromatic carbocycles. The average molecular weight is 518 g/mol. The van der Waals surface area contributed by atoms with Gasteiger partial charge in [0.05, 0.1) is 10.7 Å². The number of hydrogen-bond acceptors (Lipinski definition) is 5. The van der Waals surface area contributed by atoms with E-state index < -0.39 is 34.0 Å². The maximum atomic E-state index is 14.8. The van der Waals surface area contributed by atoms with Gasteiger partial charge in [0, 0.05) is 23.7 Å². The molecule has 1 N–H and O–H groups in total. The molecule has 7 nitrogen and oxygen atoms in total. The van der Waals surface area contributed by atoms with Gasteiger partial charge in [-0.05, 0) is 58.2 Å². The van der Waals surface area contributed by atoms with E-state index in [1.54, 1.807) is 44.9 Å². The van der Waals surface area contributed by atoms with E-state index in [1.165, 1.54) is 0 Å². The molecule has 1 aliphatic carbocycles. The minimum absolute atomic E-state index is 0.116. The van der Waals surface area contributed by atoms with Crippen LogP contribution in [-0.4, -0.2) is 35.5 Å². The van der Waals surface area contributed by atoms with Crippen LogP contribution < -0.4 is 15.1 Å². The topological polar surface area (TPSA) is 79.0 Å². The van der Waals surface area contributed by atoms with E-state index >= 15 is 0 Å². The summed E-state index contributed by atoms with van der Waals surface area (Å²) in [6.07, 6.45) is 2.22. The number of thiocarbonyl (C=S) groups is 1. The molecule has 3 aliphatic heterocycles. The Morgan fingerprint density at radius 1 is 1.00 bits per heavy atom. The third-order valence-electron chi connectivity index (χ3n) is 8.73. The minimum Gasteiger partial charge on any atom is -0.443 e. The predicted molar refractivity (Wildman–Crippen MR) is 145 cm³/mol. The summed E-state index contributed by atoms with van der Waals surface area (Å²) >= 11 is 6.08. The zero-order valence-electron chi connectivity index (χ0n) is 21.8. The van der Waals surface area contributed by atoms with Crippen molar-refractivity contribution in [1.29, 1.82) is 0 Å². The molecule has 0 radical (unpaired) electrons. The van der Waals surface area contributed by atoms with E-state index in [9.17, 15) is 14.4 Å². The number of benzene rings is 2. The number of amides is 3. The van der Waals surface area contributed by atoms with Gasteiger partial charge in [0.25, 0.3) is 11.8 Å². The molecule has 0 bridgehead atoms. The number of rotatable bonds is 0. The Morgan fingerprint density at radius 2 is 1.68 bits per heavy atom. The Balaban J connectivity index is 1.65. The monoisotopic (exact) mass is 517 g/mol. The first kappa shape index (κ1) is 24.1. The average Bonchev–Trinajstić information content (AvgIpc) is 3.52. The lowest BCUT2D eigenvalue weighted by Crippen LogP contribution is -2.61. The fourth-order valence-corrected chi connectivity index (χ4v) is 8.01. The Bertz CT molecular complexity index is 1410. The third-order valence-corrected chi connectivity index (χ3v) is 9.13. The molecule has 0 aromatic heterocycles.